The van der Waals surface area contributed by atoms with Crippen LogP contribution >= 0.6 is 0 Å². The zero-order valence-corrected chi connectivity index (χ0v) is 12.5. The maximum Gasteiger partial charge on any atom is 0.308 e. The van der Waals surface area contributed by atoms with Crippen molar-refractivity contribution in [2.45, 2.75) is 32.7 Å². The van der Waals surface area contributed by atoms with Crippen molar-refractivity contribution < 1.29 is 19.1 Å². The van der Waals surface area contributed by atoms with Gasteiger partial charge < -0.3 is 14.8 Å². The van der Waals surface area contributed by atoms with Gasteiger partial charge in [0.25, 0.3) is 0 Å². The fraction of sp³-hybridized carbons (Fsp3) is 0.400. The van der Waals surface area contributed by atoms with E-state index in [1.807, 2.05) is 0 Å². The van der Waals surface area contributed by atoms with E-state index in [1.165, 1.54) is 21.0 Å². The molecule has 6 heteroatoms. The van der Waals surface area contributed by atoms with Gasteiger partial charge in [0, 0.05) is 20.3 Å². The van der Waals surface area contributed by atoms with E-state index in [9.17, 15) is 14.9 Å². The van der Waals surface area contributed by atoms with Crippen molar-refractivity contribution in [2.75, 3.05) is 7.11 Å². The predicted octanol–water partition coefficient (Wildman–Crippen LogP) is 1.58. The van der Waals surface area contributed by atoms with Gasteiger partial charge >= 0.3 is 5.97 Å². The molecular weight excluding hydrogens is 272 g/mol. The van der Waals surface area contributed by atoms with Crippen LogP contribution in [-0.4, -0.2) is 24.5 Å². The van der Waals surface area contributed by atoms with Crippen molar-refractivity contribution in [3.8, 4) is 17.6 Å². The summed E-state index contributed by atoms with van der Waals surface area (Å²) in [4.78, 5) is 22.2. The normalized spacial score (nSPS) is 12.7. The minimum absolute atomic E-state index is 0.275. The van der Waals surface area contributed by atoms with Crippen molar-refractivity contribution in [3.05, 3.63) is 23.8 Å². The molecule has 0 heterocycles. The number of amides is 1. The Morgan fingerprint density at radius 2 is 2.00 bits per heavy atom. The molecule has 21 heavy (non-hydrogen) atoms. The summed E-state index contributed by atoms with van der Waals surface area (Å²) in [6.07, 6.45) is 0.305. The molecule has 0 spiro atoms. The number of ether oxygens (including phenoxy) is 2. The van der Waals surface area contributed by atoms with Gasteiger partial charge in [-0.05, 0) is 24.6 Å². The highest BCUT2D eigenvalue weighted by Crippen LogP contribution is 2.29. The number of carbonyl (C=O) groups is 2. The molecule has 0 aliphatic heterocycles. The Labute approximate surface area is 123 Å². The van der Waals surface area contributed by atoms with Crippen molar-refractivity contribution in [1.82, 2.24) is 5.32 Å². The van der Waals surface area contributed by atoms with Crippen LogP contribution in [0.5, 0.6) is 11.5 Å². The van der Waals surface area contributed by atoms with Crippen LogP contribution in [0.2, 0.25) is 0 Å². The minimum atomic E-state index is -1.01. The zero-order valence-electron chi connectivity index (χ0n) is 12.5. The fourth-order valence-electron chi connectivity index (χ4n) is 1.97. The first-order valence-electron chi connectivity index (χ1n) is 6.35. The average molecular weight is 290 g/mol. The van der Waals surface area contributed by atoms with Gasteiger partial charge in [-0.1, -0.05) is 6.07 Å². The maximum absolute atomic E-state index is 11.2. The molecule has 1 aromatic carbocycles. The summed E-state index contributed by atoms with van der Waals surface area (Å²) in [6, 6.07) is 7.08. The van der Waals surface area contributed by atoms with Crippen LogP contribution in [0.15, 0.2) is 18.2 Å². The number of carbonyl (C=O) groups excluding carboxylic acids is 2. The molecule has 112 valence electrons. The standard InChI is InChI=1S/C15H18N2O4/c1-10(18)17-15(3,9-16)8-12-5-6-13(21-11(2)19)14(7-12)20-4/h5-7H,8H2,1-4H3,(H,17,18)/t15-/m1/s1. The number of esters is 1. The summed E-state index contributed by atoms with van der Waals surface area (Å²) in [5.74, 6) is -0.0125. The van der Waals surface area contributed by atoms with Crippen LogP contribution in [0.25, 0.3) is 0 Å². The SMILES string of the molecule is COc1cc(C[C@](C)(C#N)NC(C)=O)ccc1OC(C)=O. The van der Waals surface area contributed by atoms with Crippen molar-refractivity contribution in [3.63, 3.8) is 0 Å². The molecule has 0 saturated heterocycles. The highest BCUT2D eigenvalue weighted by atomic mass is 16.6. The van der Waals surface area contributed by atoms with E-state index in [-0.39, 0.29) is 5.91 Å². The van der Waals surface area contributed by atoms with E-state index < -0.39 is 11.5 Å². The number of hydrogen-bond donors (Lipinski definition) is 1. The number of nitrogens with zero attached hydrogens (tertiary/aromatic N) is 1. The summed E-state index contributed by atoms with van der Waals surface area (Å²) in [7, 11) is 1.46. The molecule has 6 nitrogen and oxygen atoms in total. The quantitative estimate of drug-likeness (QED) is 0.657. The Morgan fingerprint density at radius 3 is 2.48 bits per heavy atom. The number of nitrogens with one attached hydrogen (secondary N) is 1. The number of methoxy groups -OCH3 is 1. The van der Waals surface area contributed by atoms with Gasteiger partial charge in [0.1, 0.15) is 5.54 Å². The molecule has 0 unspecified atom stereocenters. The molecule has 0 saturated carbocycles. The van der Waals surface area contributed by atoms with Gasteiger partial charge in [0.15, 0.2) is 11.5 Å². The Morgan fingerprint density at radius 1 is 1.33 bits per heavy atom. The smallest absolute Gasteiger partial charge is 0.308 e. The summed E-state index contributed by atoms with van der Waals surface area (Å²) >= 11 is 0. The Balaban J connectivity index is 3.02. The summed E-state index contributed by atoms with van der Waals surface area (Å²) in [5, 5.41) is 11.8. The molecular formula is C15H18N2O4. The Bertz CT molecular complexity index is 592. The van der Waals surface area contributed by atoms with E-state index in [2.05, 4.69) is 11.4 Å². The molecule has 0 aliphatic rings. The lowest BCUT2D eigenvalue weighted by atomic mass is 9.94. The van der Waals surface area contributed by atoms with Crippen LogP contribution in [-0.2, 0) is 16.0 Å². The first-order chi connectivity index (χ1) is 9.79. The van der Waals surface area contributed by atoms with E-state index in [4.69, 9.17) is 9.47 Å². The Hall–Kier alpha value is -2.55. The first kappa shape index (κ1) is 16.5. The average Bonchev–Trinajstić information content (AvgIpc) is 2.39. The van der Waals surface area contributed by atoms with Crippen LogP contribution in [0, 0.1) is 11.3 Å². The van der Waals surface area contributed by atoms with Gasteiger partial charge in [-0.15, -0.1) is 0 Å². The molecule has 1 amide bonds. The molecule has 1 atom stereocenters. The number of rotatable bonds is 5. The van der Waals surface area contributed by atoms with Gasteiger partial charge in [0.05, 0.1) is 13.2 Å². The minimum Gasteiger partial charge on any atom is -0.493 e. The lowest BCUT2D eigenvalue weighted by molar-refractivity contribution is -0.132. The molecule has 1 aromatic rings. The van der Waals surface area contributed by atoms with E-state index in [0.29, 0.717) is 17.9 Å². The van der Waals surface area contributed by atoms with Gasteiger partial charge in [-0.2, -0.15) is 5.26 Å². The third-order valence-corrected chi connectivity index (χ3v) is 2.74. The van der Waals surface area contributed by atoms with Crippen LogP contribution in [0.4, 0.5) is 0 Å². The van der Waals surface area contributed by atoms with Gasteiger partial charge in [0.2, 0.25) is 5.91 Å². The molecule has 0 bridgehead atoms. The van der Waals surface area contributed by atoms with Crippen LogP contribution in [0.3, 0.4) is 0 Å². The van der Waals surface area contributed by atoms with E-state index >= 15 is 0 Å². The topological polar surface area (TPSA) is 88.4 Å². The fourth-order valence-corrected chi connectivity index (χ4v) is 1.97. The highest BCUT2D eigenvalue weighted by Gasteiger charge is 2.25. The summed E-state index contributed by atoms with van der Waals surface area (Å²) in [5.41, 5.74) is -0.236. The maximum atomic E-state index is 11.2. The molecule has 1 rings (SSSR count). The van der Waals surface area contributed by atoms with E-state index in [1.54, 1.807) is 25.1 Å². The summed E-state index contributed by atoms with van der Waals surface area (Å²) in [6.45, 7) is 4.30. The second-order valence-electron chi connectivity index (χ2n) is 4.88. The second kappa shape index (κ2) is 6.75. The third-order valence-electron chi connectivity index (χ3n) is 2.74. The monoisotopic (exact) mass is 290 g/mol. The lowest BCUT2D eigenvalue weighted by Gasteiger charge is -2.23. The highest BCUT2D eigenvalue weighted by molar-refractivity contribution is 5.74. The first-order valence-corrected chi connectivity index (χ1v) is 6.35. The molecule has 0 aromatic heterocycles. The largest absolute Gasteiger partial charge is 0.493 e. The molecule has 0 aliphatic carbocycles. The second-order valence-corrected chi connectivity index (χ2v) is 4.88. The van der Waals surface area contributed by atoms with Crippen molar-refractivity contribution >= 4 is 11.9 Å². The van der Waals surface area contributed by atoms with Gasteiger partial charge in [-0.3, -0.25) is 9.59 Å². The van der Waals surface area contributed by atoms with Gasteiger partial charge in [-0.25, -0.2) is 0 Å². The van der Waals surface area contributed by atoms with E-state index in [0.717, 1.165) is 5.56 Å². The Kier molecular flexibility index (Phi) is 5.30. The van der Waals surface area contributed by atoms with Crippen LogP contribution < -0.4 is 14.8 Å². The molecule has 0 fully saturated rings. The number of hydrogen-bond acceptors (Lipinski definition) is 5. The molecule has 0 radical (unpaired) electrons. The van der Waals surface area contributed by atoms with Crippen molar-refractivity contribution in [2.24, 2.45) is 0 Å². The lowest BCUT2D eigenvalue weighted by Crippen LogP contribution is -2.45. The third kappa shape index (κ3) is 4.80. The van der Waals surface area contributed by atoms with Crippen molar-refractivity contribution in [1.29, 1.82) is 5.26 Å². The summed E-state index contributed by atoms with van der Waals surface area (Å²) < 4.78 is 10.2. The molecule has 1 N–H and O–H groups in total. The predicted molar refractivity (Wildman–Crippen MR) is 75.8 cm³/mol. The number of benzene rings is 1. The zero-order chi connectivity index (χ0) is 16.0. The number of nitriles is 1. The van der Waals surface area contributed by atoms with Crippen LogP contribution in [0.1, 0.15) is 26.3 Å².